The summed E-state index contributed by atoms with van der Waals surface area (Å²) in [6.45, 7) is -0.148. The molecule has 0 saturated heterocycles. The van der Waals surface area contributed by atoms with Crippen LogP contribution in [0.3, 0.4) is 0 Å². The number of hydrogen-bond acceptors (Lipinski definition) is 4. The summed E-state index contributed by atoms with van der Waals surface area (Å²) in [4.78, 5) is 32.2. The zero-order chi connectivity index (χ0) is 20.4. The average Bonchev–Trinajstić information content (AvgIpc) is 3.24. The van der Waals surface area contributed by atoms with Crippen molar-refractivity contribution in [3.05, 3.63) is 64.7 Å². The predicted octanol–water partition coefficient (Wildman–Crippen LogP) is 4.26. The molecule has 2 aromatic carbocycles. The molecule has 2 aromatic rings. The van der Waals surface area contributed by atoms with Gasteiger partial charge in [-0.2, -0.15) is 0 Å². The fourth-order valence-corrected chi connectivity index (χ4v) is 4.41. The lowest BCUT2D eigenvalue weighted by Gasteiger charge is -2.26. The van der Waals surface area contributed by atoms with Gasteiger partial charge in [-0.3, -0.25) is 19.5 Å². The molecule has 1 atom stereocenters. The van der Waals surface area contributed by atoms with E-state index in [-0.39, 0.29) is 18.4 Å². The van der Waals surface area contributed by atoms with Crippen LogP contribution in [0, 0.1) is 5.92 Å². The molecule has 6 heteroatoms. The minimum Gasteiger partial charge on any atom is -0.468 e. The van der Waals surface area contributed by atoms with E-state index in [4.69, 9.17) is 21.3 Å². The first-order valence-corrected chi connectivity index (χ1v) is 10.3. The van der Waals surface area contributed by atoms with Crippen molar-refractivity contribution in [3.8, 4) is 0 Å². The fraction of sp³-hybridized carbons (Fsp3) is 0.348. The maximum atomic E-state index is 13.6. The third-order valence-corrected chi connectivity index (χ3v) is 5.94. The topological polar surface area (TPSA) is 59.0 Å². The molecule has 0 spiro atoms. The Labute approximate surface area is 175 Å². The van der Waals surface area contributed by atoms with Crippen molar-refractivity contribution < 1.29 is 14.3 Å². The Bertz CT molecular complexity index is 952. The second kappa shape index (κ2) is 8.37. The second-order valence-electron chi connectivity index (χ2n) is 7.50. The summed E-state index contributed by atoms with van der Waals surface area (Å²) >= 11 is 6.31. The van der Waals surface area contributed by atoms with Crippen LogP contribution in [0.1, 0.15) is 36.8 Å². The van der Waals surface area contributed by atoms with Crippen LogP contribution in [-0.4, -0.2) is 37.3 Å². The van der Waals surface area contributed by atoms with Crippen LogP contribution in [0.15, 0.2) is 53.5 Å². The molecule has 5 nitrogen and oxygen atoms in total. The number of carbonyl (C=O) groups excluding carboxylic acids is 2. The van der Waals surface area contributed by atoms with Gasteiger partial charge in [0.05, 0.1) is 18.5 Å². The van der Waals surface area contributed by atoms with E-state index in [0.29, 0.717) is 10.7 Å². The van der Waals surface area contributed by atoms with Gasteiger partial charge in [0.25, 0.3) is 5.91 Å². The summed E-state index contributed by atoms with van der Waals surface area (Å²) < 4.78 is 4.86. The highest BCUT2D eigenvalue weighted by atomic mass is 35.5. The standard InChI is InChI=1S/C23H23ClN2O3/c1-29-20(27)14-26-19-12-11-17(24)13-18(19)21(15-7-3-2-4-8-15)25-22(23(26)28)16-9-5-6-10-16/h2-4,7-8,11-13,16,22H,5-6,9-10,14H2,1H3/t22-/m0/s1. The van der Waals surface area contributed by atoms with Crippen LogP contribution in [-0.2, 0) is 14.3 Å². The molecular weight excluding hydrogens is 388 g/mol. The SMILES string of the molecule is COC(=O)CN1C(=O)[C@H](C2CCCC2)N=C(c2ccccc2)c2cc(Cl)ccc21. The van der Waals surface area contributed by atoms with Gasteiger partial charge in [-0.15, -0.1) is 0 Å². The van der Waals surface area contributed by atoms with E-state index in [1.165, 1.54) is 12.0 Å². The van der Waals surface area contributed by atoms with Crippen molar-refractivity contribution in [2.45, 2.75) is 31.7 Å². The van der Waals surface area contributed by atoms with Gasteiger partial charge >= 0.3 is 5.97 Å². The highest BCUT2D eigenvalue weighted by Gasteiger charge is 2.38. The third kappa shape index (κ3) is 3.92. The predicted molar refractivity (Wildman–Crippen MR) is 114 cm³/mol. The fourth-order valence-electron chi connectivity index (χ4n) is 4.24. The van der Waals surface area contributed by atoms with Gasteiger partial charge in [0.1, 0.15) is 12.6 Å². The number of halogens is 1. The smallest absolute Gasteiger partial charge is 0.325 e. The Kier molecular flexibility index (Phi) is 5.67. The number of methoxy groups -OCH3 is 1. The molecule has 1 aliphatic carbocycles. The minimum atomic E-state index is -0.525. The van der Waals surface area contributed by atoms with E-state index in [1.807, 2.05) is 36.4 Å². The zero-order valence-electron chi connectivity index (χ0n) is 16.3. The lowest BCUT2D eigenvalue weighted by atomic mass is 9.97. The van der Waals surface area contributed by atoms with Crippen LogP contribution < -0.4 is 4.90 Å². The number of aliphatic imine (C=N–C) groups is 1. The van der Waals surface area contributed by atoms with E-state index in [0.717, 1.165) is 42.5 Å². The Morgan fingerprint density at radius 3 is 2.59 bits per heavy atom. The number of fused-ring (bicyclic) bond motifs is 1. The van der Waals surface area contributed by atoms with Crippen molar-refractivity contribution in [2.24, 2.45) is 10.9 Å². The van der Waals surface area contributed by atoms with Gasteiger partial charge in [0, 0.05) is 16.1 Å². The number of ether oxygens (including phenoxy) is 1. The molecule has 1 amide bonds. The summed E-state index contributed by atoms with van der Waals surface area (Å²) in [5, 5.41) is 0.553. The normalized spacial score (nSPS) is 19.5. The number of nitrogens with zero attached hydrogens (tertiary/aromatic N) is 2. The number of benzodiazepines with no additional fused rings is 1. The minimum absolute atomic E-state index is 0.148. The summed E-state index contributed by atoms with van der Waals surface area (Å²) in [6.07, 6.45) is 4.12. The zero-order valence-corrected chi connectivity index (χ0v) is 17.1. The lowest BCUT2D eigenvalue weighted by Crippen LogP contribution is -2.43. The van der Waals surface area contributed by atoms with Crippen molar-refractivity contribution in [1.29, 1.82) is 0 Å². The van der Waals surface area contributed by atoms with Crippen LogP contribution in [0.25, 0.3) is 0 Å². The second-order valence-corrected chi connectivity index (χ2v) is 7.93. The number of benzene rings is 2. The molecule has 0 radical (unpaired) electrons. The van der Waals surface area contributed by atoms with Gasteiger partial charge in [0.15, 0.2) is 0 Å². The molecule has 1 aliphatic heterocycles. The van der Waals surface area contributed by atoms with E-state index < -0.39 is 12.0 Å². The largest absolute Gasteiger partial charge is 0.468 e. The van der Waals surface area contributed by atoms with Crippen LogP contribution in [0.4, 0.5) is 5.69 Å². The van der Waals surface area contributed by atoms with Crippen molar-refractivity contribution >= 4 is 34.9 Å². The molecule has 29 heavy (non-hydrogen) atoms. The number of amides is 1. The Hall–Kier alpha value is -2.66. The first-order valence-electron chi connectivity index (χ1n) is 9.90. The lowest BCUT2D eigenvalue weighted by molar-refractivity contribution is -0.140. The third-order valence-electron chi connectivity index (χ3n) is 5.70. The van der Waals surface area contributed by atoms with E-state index >= 15 is 0 Å². The molecule has 1 heterocycles. The quantitative estimate of drug-likeness (QED) is 0.708. The highest BCUT2D eigenvalue weighted by molar-refractivity contribution is 6.32. The molecule has 1 saturated carbocycles. The molecule has 0 N–H and O–H groups in total. The van der Waals surface area contributed by atoms with Gasteiger partial charge in [-0.25, -0.2) is 0 Å². The molecule has 1 fully saturated rings. The van der Waals surface area contributed by atoms with Crippen LogP contribution in [0.2, 0.25) is 5.02 Å². The molecule has 0 bridgehead atoms. The molecule has 0 aromatic heterocycles. The summed E-state index contributed by atoms with van der Waals surface area (Å²) in [6, 6.07) is 14.6. The van der Waals surface area contributed by atoms with Gasteiger partial charge in [-0.05, 0) is 37.0 Å². The molecule has 150 valence electrons. The first kappa shape index (κ1) is 19.6. The van der Waals surface area contributed by atoms with Crippen molar-refractivity contribution in [2.75, 3.05) is 18.6 Å². The van der Waals surface area contributed by atoms with Gasteiger partial charge in [0.2, 0.25) is 0 Å². The van der Waals surface area contributed by atoms with E-state index in [2.05, 4.69) is 0 Å². The van der Waals surface area contributed by atoms with Gasteiger partial charge < -0.3 is 4.74 Å². The molecule has 0 unspecified atom stereocenters. The molecular formula is C23H23ClN2O3. The van der Waals surface area contributed by atoms with E-state index in [1.54, 1.807) is 12.1 Å². The number of esters is 1. The molecule has 4 rings (SSSR count). The average molecular weight is 411 g/mol. The number of anilines is 1. The maximum absolute atomic E-state index is 13.6. The number of rotatable bonds is 4. The van der Waals surface area contributed by atoms with Crippen molar-refractivity contribution in [1.82, 2.24) is 0 Å². The Morgan fingerprint density at radius 2 is 1.90 bits per heavy atom. The maximum Gasteiger partial charge on any atom is 0.325 e. The summed E-state index contributed by atoms with van der Waals surface area (Å²) in [7, 11) is 1.33. The van der Waals surface area contributed by atoms with Crippen LogP contribution >= 0.6 is 11.6 Å². The Morgan fingerprint density at radius 1 is 1.17 bits per heavy atom. The summed E-state index contributed by atoms with van der Waals surface area (Å²) in [5.41, 5.74) is 3.04. The number of carbonyl (C=O) groups is 2. The van der Waals surface area contributed by atoms with E-state index in [9.17, 15) is 9.59 Å². The van der Waals surface area contributed by atoms with Crippen molar-refractivity contribution in [3.63, 3.8) is 0 Å². The first-order chi connectivity index (χ1) is 14.1. The highest BCUT2D eigenvalue weighted by Crippen LogP contribution is 2.36. The summed E-state index contributed by atoms with van der Waals surface area (Å²) in [5.74, 6) is -0.449. The number of hydrogen-bond donors (Lipinski definition) is 0. The van der Waals surface area contributed by atoms with Gasteiger partial charge in [-0.1, -0.05) is 54.8 Å². The van der Waals surface area contributed by atoms with Crippen LogP contribution in [0.5, 0.6) is 0 Å². The monoisotopic (exact) mass is 410 g/mol. The Balaban J connectivity index is 1.91. The molecule has 2 aliphatic rings.